The molecule has 2 aromatic rings. The average Bonchev–Trinajstić information content (AvgIpc) is 2.68. The van der Waals surface area contributed by atoms with E-state index in [1.807, 2.05) is 18.2 Å². The number of nitrogens with one attached hydrogen (secondary N) is 1. The van der Waals surface area contributed by atoms with Crippen molar-refractivity contribution in [2.24, 2.45) is 0 Å². The number of hydrogen-bond acceptors (Lipinski definition) is 5. The molecule has 0 bridgehead atoms. The van der Waals surface area contributed by atoms with Crippen molar-refractivity contribution in [3.8, 4) is 5.75 Å². The first-order chi connectivity index (χ1) is 12.6. The van der Waals surface area contributed by atoms with Crippen LogP contribution in [0.15, 0.2) is 47.4 Å². The molecule has 2 aliphatic heterocycles. The molecule has 1 N–H and O–H groups in total. The van der Waals surface area contributed by atoms with Crippen molar-refractivity contribution < 1.29 is 13.2 Å². The van der Waals surface area contributed by atoms with Crippen molar-refractivity contribution in [3.63, 3.8) is 0 Å². The van der Waals surface area contributed by atoms with Crippen LogP contribution in [-0.2, 0) is 10.0 Å². The highest BCUT2D eigenvalue weighted by Gasteiger charge is 2.32. The van der Waals surface area contributed by atoms with Gasteiger partial charge < -0.3 is 15.0 Å². The predicted molar refractivity (Wildman–Crippen MR) is 110 cm³/mol. The van der Waals surface area contributed by atoms with Gasteiger partial charge in [-0.1, -0.05) is 23.7 Å². The lowest BCUT2D eigenvalue weighted by molar-refractivity contribution is 0.316. The molecule has 27 heavy (non-hydrogen) atoms. The van der Waals surface area contributed by atoms with E-state index in [0.29, 0.717) is 18.0 Å². The average molecular weight is 430 g/mol. The molecule has 0 amide bonds. The maximum Gasteiger partial charge on any atom is 0.266 e. The Morgan fingerprint density at radius 1 is 1.04 bits per heavy atom. The summed E-state index contributed by atoms with van der Waals surface area (Å²) in [5.74, 6) is 0.575. The Balaban J connectivity index is 0.00000210. The summed E-state index contributed by atoms with van der Waals surface area (Å²) in [7, 11) is -3.76. The molecule has 2 aromatic carbocycles. The lowest BCUT2D eigenvalue weighted by Crippen LogP contribution is -2.43. The van der Waals surface area contributed by atoms with Gasteiger partial charge in [-0.3, -0.25) is 4.31 Å². The molecule has 146 valence electrons. The van der Waals surface area contributed by atoms with Crippen molar-refractivity contribution in [2.75, 3.05) is 48.5 Å². The van der Waals surface area contributed by atoms with Gasteiger partial charge in [0.15, 0.2) is 0 Å². The molecule has 0 aliphatic carbocycles. The monoisotopic (exact) mass is 429 g/mol. The molecule has 2 aliphatic rings. The highest BCUT2D eigenvalue weighted by atomic mass is 35.5. The van der Waals surface area contributed by atoms with Gasteiger partial charge in [-0.25, -0.2) is 8.42 Å². The number of anilines is 2. The molecule has 1 saturated heterocycles. The first-order valence-electron chi connectivity index (χ1n) is 8.57. The van der Waals surface area contributed by atoms with E-state index in [2.05, 4.69) is 10.2 Å². The van der Waals surface area contributed by atoms with Crippen LogP contribution in [0.25, 0.3) is 0 Å². The molecular formula is C18H21Cl2N3O3S. The fourth-order valence-corrected chi connectivity index (χ4v) is 5.27. The second-order valence-corrected chi connectivity index (χ2v) is 8.48. The van der Waals surface area contributed by atoms with Crippen molar-refractivity contribution >= 4 is 45.4 Å². The van der Waals surface area contributed by atoms with Gasteiger partial charge in [-0.15, -0.1) is 12.4 Å². The zero-order valence-corrected chi connectivity index (χ0v) is 17.0. The van der Waals surface area contributed by atoms with Gasteiger partial charge in [0.2, 0.25) is 0 Å². The molecule has 0 aromatic heterocycles. The highest BCUT2D eigenvalue weighted by molar-refractivity contribution is 7.93. The lowest BCUT2D eigenvalue weighted by Gasteiger charge is -2.34. The van der Waals surface area contributed by atoms with Crippen LogP contribution in [0.4, 0.5) is 11.4 Å². The first-order valence-corrected chi connectivity index (χ1v) is 10.4. The van der Waals surface area contributed by atoms with Gasteiger partial charge in [-0.2, -0.15) is 0 Å². The maximum atomic E-state index is 13.2. The first kappa shape index (κ1) is 20.1. The number of fused-ring (bicyclic) bond motifs is 1. The number of hydrogen-bond donors (Lipinski definition) is 1. The summed E-state index contributed by atoms with van der Waals surface area (Å²) in [6.07, 6.45) is 0. The van der Waals surface area contributed by atoms with Crippen molar-refractivity contribution in [1.29, 1.82) is 0 Å². The van der Waals surface area contributed by atoms with E-state index in [1.165, 1.54) is 10.4 Å². The third-order valence-electron chi connectivity index (χ3n) is 4.65. The van der Waals surface area contributed by atoms with Crippen LogP contribution in [-0.4, -0.2) is 47.7 Å². The van der Waals surface area contributed by atoms with Gasteiger partial charge in [-0.05, 0) is 30.3 Å². The molecule has 2 heterocycles. The van der Waals surface area contributed by atoms with Gasteiger partial charge >= 0.3 is 0 Å². The number of ether oxygens (including phenoxy) is 1. The Labute approximate surface area is 170 Å². The Kier molecular flexibility index (Phi) is 6.05. The number of nitrogens with zero attached hydrogens (tertiary/aromatic N) is 2. The van der Waals surface area contributed by atoms with Crippen LogP contribution in [0.3, 0.4) is 0 Å². The summed E-state index contributed by atoms with van der Waals surface area (Å²) in [5.41, 5.74) is 1.56. The second-order valence-electron chi connectivity index (χ2n) is 6.25. The summed E-state index contributed by atoms with van der Waals surface area (Å²) in [6.45, 7) is 4.16. The summed E-state index contributed by atoms with van der Waals surface area (Å²) >= 11 is 6.16. The van der Waals surface area contributed by atoms with Crippen molar-refractivity contribution in [1.82, 2.24) is 5.32 Å². The second kappa shape index (κ2) is 8.14. The van der Waals surface area contributed by atoms with Gasteiger partial charge in [0.25, 0.3) is 10.0 Å². The van der Waals surface area contributed by atoms with E-state index in [0.717, 1.165) is 31.9 Å². The van der Waals surface area contributed by atoms with Crippen molar-refractivity contribution in [3.05, 3.63) is 47.5 Å². The number of piperazine rings is 1. The summed E-state index contributed by atoms with van der Waals surface area (Å²) < 4.78 is 33.5. The molecule has 0 unspecified atom stereocenters. The fraction of sp³-hybridized carbons (Fsp3) is 0.333. The molecule has 0 spiro atoms. The zero-order valence-electron chi connectivity index (χ0n) is 14.6. The molecule has 0 saturated carbocycles. The van der Waals surface area contributed by atoms with Gasteiger partial charge in [0.05, 0.1) is 17.3 Å². The van der Waals surface area contributed by atoms with Crippen LogP contribution >= 0.6 is 24.0 Å². The minimum Gasteiger partial charge on any atom is -0.489 e. The zero-order chi connectivity index (χ0) is 18.1. The smallest absolute Gasteiger partial charge is 0.266 e. The molecule has 0 atom stereocenters. The van der Waals surface area contributed by atoms with E-state index >= 15 is 0 Å². The van der Waals surface area contributed by atoms with Crippen LogP contribution in [0, 0.1) is 0 Å². The van der Waals surface area contributed by atoms with Crippen LogP contribution in [0.2, 0.25) is 5.02 Å². The molecular weight excluding hydrogens is 409 g/mol. The predicted octanol–water partition coefficient (Wildman–Crippen LogP) is 2.76. The Morgan fingerprint density at radius 2 is 1.78 bits per heavy atom. The third-order valence-corrected chi connectivity index (χ3v) is 6.96. The lowest BCUT2D eigenvalue weighted by atomic mass is 10.2. The third kappa shape index (κ3) is 3.82. The van der Waals surface area contributed by atoms with Crippen LogP contribution < -0.4 is 19.3 Å². The topological polar surface area (TPSA) is 61.9 Å². The quantitative estimate of drug-likeness (QED) is 0.812. The van der Waals surface area contributed by atoms with Crippen molar-refractivity contribution in [2.45, 2.75) is 4.90 Å². The molecule has 9 heteroatoms. The molecule has 1 fully saturated rings. The maximum absolute atomic E-state index is 13.2. The van der Waals surface area contributed by atoms with E-state index in [4.69, 9.17) is 16.3 Å². The van der Waals surface area contributed by atoms with Gasteiger partial charge in [0, 0.05) is 31.9 Å². The Bertz CT molecular complexity index is 918. The van der Waals surface area contributed by atoms with Crippen LogP contribution in [0.1, 0.15) is 0 Å². The summed E-state index contributed by atoms with van der Waals surface area (Å²) in [5, 5.41) is 3.54. The summed E-state index contributed by atoms with van der Waals surface area (Å²) in [4.78, 5) is 2.35. The largest absolute Gasteiger partial charge is 0.489 e. The molecule has 6 nitrogen and oxygen atoms in total. The van der Waals surface area contributed by atoms with E-state index in [-0.39, 0.29) is 28.9 Å². The number of rotatable bonds is 3. The molecule has 0 radical (unpaired) electrons. The number of halogens is 2. The fourth-order valence-electron chi connectivity index (χ4n) is 3.32. The SMILES string of the molecule is Cl.O=S(=O)(c1ccccc1Cl)N1CCOc2ccc(N3CCNCC3)cc21. The number of benzene rings is 2. The highest BCUT2D eigenvalue weighted by Crippen LogP contribution is 2.39. The summed E-state index contributed by atoms with van der Waals surface area (Å²) in [6, 6.07) is 12.2. The van der Waals surface area contributed by atoms with E-state index < -0.39 is 10.0 Å². The van der Waals surface area contributed by atoms with E-state index in [1.54, 1.807) is 18.2 Å². The minimum atomic E-state index is -3.76. The standard InChI is InChI=1S/C18H20ClN3O3S.ClH/c19-15-3-1-2-4-18(15)26(23,24)22-11-12-25-17-6-5-14(13-16(17)22)21-9-7-20-8-10-21;/h1-6,13,20H,7-12H2;1H. The van der Waals surface area contributed by atoms with Gasteiger partial charge in [0.1, 0.15) is 17.3 Å². The number of sulfonamides is 1. The Hall–Kier alpha value is -1.67. The minimum absolute atomic E-state index is 0. The van der Waals surface area contributed by atoms with E-state index in [9.17, 15) is 8.42 Å². The molecule has 4 rings (SSSR count). The van der Waals surface area contributed by atoms with Crippen LogP contribution in [0.5, 0.6) is 5.75 Å². The normalized spacial score (nSPS) is 16.9. The Morgan fingerprint density at radius 3 is 2.52 bits per heavy atom.